The molecule has 0 aliphatic heterocycles. The van der Waals surface area contributed by atoms with Crippen LogP contribution < -0.4 is 5.32 Å². The van der Waals surface area contributed by atoms with Gasteiger partial charge in [0.2, 0.25) is 5.91 Å². The minimum absolute atomic E-state index is 0.0797. The van der Waals surface area contributed by atoms with Crippen LogP contribution in [0.1, 0.15) is 11.3 Å². The SMILES string of the molecule is O=C(Cc1cccnc1)NCc1cn(-c2cccnc2)nn1. The molecule has 3 aromatic heterocycles. The van der Waals surface area contributed by atoms with Crippen LogP contribution in [0.3, 0.4) is 0 Å². The molecular weight excluding hydrogens is 280 g/mol. The van der Waals surface area contributed by atoms with E-state index in [2.05, 4.69) is 25.6 Å². The fourth-order valence-corrected chi connectivity index (χ4v) is 1.93. The van der Waals surface area contributed by atoms with Crippen LogP contribution in [0.15, 0.2) is 55.2 Å². The van der Waals surface area contributed by atoms with Gasteiger partial charge in [-0.15, -0.1) is 5.10 Å². The Kier molecular flexibility index (Phi) is 4.15. The number of nitrogens with zero attached hydrogens (tertiary/aromatic N) is 5. The lowest BCUT2D eigenvalue weighted by Crippen LogP contribution is -2.24. The zero-order valence-corrected chi connectivity index (χ0v) is 11.8. The van der Waals surface area contributed by atoms with Crippen LogP contribution in [0.2, 0.25) is 0 Å². The zero-order chi connectivity index (χ0) is 15.2. The van der Waals surface area contributed by atoms with E-state index in [0.717, 1.165) is 11.3 Å². The van der Waals surface area contributed by atoms with E-state index in [0.29, 0.717) is 18.7 Å². The molecule has 0 aliphatic rings. The van der Waals surface area contributed by atoms with Gasteiger partial charge in [0.25, 0.3) is 0 Å². The Morgan fingerprint density at radius 1 is 1.14 bits per heavy atom. The van der Waals surface area contributed by atoms with Crippen LogP contribution in [0.5, 0.6) is 0 Å². The fourth-order valence-electron chi connectivity index (χ4n) is 1.93. The zero-order valence-electron chi connectivity index (χ0n) is 11.8. The van der Waals surface area contributed by atoms with E-state index >= 15 is 0 Å². The van der Waals surface area contributed by atoms with Crippen molar-refractivity contribution in [2.24, 2.45) is 0 Å². The number of aromatic nitrogens is 5. The normalized spacial score (nSPS) is 10.4. The van der Waals surface area contributed by atoms with Crippen molar-refractivity contribution in [1.82, 2.24) is 30.3 Å². The molecule has 3 rings (SSSR count). The van der Waals surface area contributed by atoms with Gasteiger partial charge < -0.3 is 5.32 Å². The lowest BCUT2D eigenvalue weighted by atomic mass is 10.2. The molecule has 22 heavy (non-hydrogen) atoms. The van der Waals surface area contributed by atoms with E-state index in [1.54, 1.807) is 35.7 Å². The average molecular weight is 294 g/mol. The third-order valence-electron chi connectivity index (χ3n) is 3.01. The summed E-state index contributed by atoms with van der Waals surface area (Å²) in [5.41, 5.74) is 2.38. The van der Waals surface area contributed by atoms with Gasteiger partial charge in [0.1, 0.15) is 5.69 Å². The molecule has 3 heterocycles. The van der Waals surface area contributed by atoms with Gasteiger partial charge in [0.15, 0.2) is 0 Å². The molecule has 1 N–H and O–H groups in total. The highest BCUT2D eigenvalue weighted by molar-refractivity contribution is 5.78. The molecule has 0 aromatic carbocycles. The van der Waals surface area contributed by atoms with Gasteiger partial charge in [-0.05, 0) is 23.8 Å². The number of hydrogen-bond donors (Lipinski definition) is 1. The Morgan fingerprint density at radius 2 is 1.95 bits per heavy atom. The summed E-state index contributed by atoms with van der Waals surface area (Å²) in [7, 11) is 0. The van der Waals surface area contributed by atoms with Gasteiger partial charge in [0, 0.05) is 18.6 Å². The molecule has 0 fully saturated rings. The Balaban J connectivity index is 1.56. The van der Waals surface area contributed by atoms with Crippen molar-refractivity contribution in [2.75, 3.05) is 0 Å². The smallest absolute Gasteiger partial charge is 0.224 e. The minimum Gasteiger partial charge on any atom is -0.350 e. The minimum atomic E-state index is -0.0797. The van der Waals surface area contributed by atoms with Crippen LogP contribution in [0.4, 0.5) is 0 Å². The quantitative estimate of drug-likeness (QED) is 0.756. The van der Waals surface area contributed by atoms with E-state index in [1.807, 2.05) is 24.3 Å². The molecule has 0 radical (unpaired) electrons. The number of amides is 1. The van der Waals surface area contributed by atoms with Gasteiger partial charge in [-0.25, -0.2) is 4.68 Å². The van der Waals surface area contributed by atoms with Gasteiger partial charge in [0.05, 0.1) is 31.0 Å². The Bertz CT molecular complexity index is 741. The summed E-state index contributed by atoms with van der Waals surface area (Å²) in [6.07, 6.45) is 8.81. The third kappa shape index (κ3) is 3.51. The van der Waals surface area contributed by atoms with Crippen molar-refractivity contribution < 1.29 is 4.79 Å². The summed E-state index contributed by atoms with van der Waals surface area (Å²) in [6.45, 7) is 0.333. The second kappa shape index (κ2) is 6.57. The second-order valence-corrected chi connectivity index (χ2v) is 4.68. The van der Waals surface area contributed by atoms with Crippen molar-refractivity contribution in [3.63, 3.8) is 0 Å². The Labute approximate surface area is 127 Å². The highest BCUT2D eigenvalue weighted by atomic mass is 16.1. The number of nitrogens with one attached hydrogen (secondary N) is 1. The first kappa shape index (κ1) is 13.9. The molecule has 1 amide bonds. The maximum Gasteiger partial charge on any atom is 0.224 e. The van der Waals surface area contributed by atoms with Gasteiger partial charge >= 0.3 is 0 Å². The van der Waals surface area contributed by atoms with E-state index in [1.165, 1.54) is 0 Å². The van der Waals surface area contributed by atoms with Crippen LogP contribution in [0, 0.1) is 0 Å². The standard InChI is InChI=1S/C15H14N6O/c22-15(7-12-3-1-5-16-8-12)18-9-13-11-21(20-19-13)14-4-2-6-17-10-14/h1-6,8,10-11H,7,9H2,(H,18,22). The van der Waals surface area contributed by atoms with Crippen LogP contribution >= 0.6 is 0 Å². The van der Waals surface area contributed by atoms with Crippen molar-refractivity contribution in [2.45, 2.75) is 13.0 Å². The topological polar surface area (TPSA) is 85.6 Å². The van der Waals surface area contributed by atoms with Crippen molar-refractivity contribution in [3.8, 4) is 5.69 Å². The number of carbonyl (C=O) groups is 1. The Hall–Kier alpha value is -3.09. The van der Waals surface area contributed by atoms with Crippen molar-refractivity contribution in [3.05, 3.63) is 66.5 Å². The predicted molar refractivity (Wildman–Crippen MR) is 78.9 cm³/mol. The molecule has 0 atom stereocenters. The number of pyridine rings is 2. The van der Waals surface area contributed by atoms with E-state index in [4.69, 9.17) is 0 Å². The molecule has 7 nitrogen and oxygen atoms in total. The first-order chi connectivity index (χ1) is 10.8. The molecule has 0 bridgehead atoms. The van der Waals surface area contributed by atoms with Gasteiger partial charge in [-0.1, -0.05) is 11.3 Å². The molecule has 110 valence electrons. The monoisotopic (exact) mass is 294 g/mol. The fraction of sp³-hybridized carbons (Fsp3) is 0.133. The highest BCUT2D eigenvalue weighted by Crippen LogP contribution is 2.04. The van der Waals surface area contributed by atoms with Crippen LogP contribution in [0.25, 0.3) is 5.69 Å². The molecule has 0 saturated carbocycles. The summed E-state index contributed by atoms with van der Waals surface area (Å²) in [5.74, 6) is -0.0797. The lowest BCUT2D eigenvalue weighted by Gasteiger charge is -2.02. The molecule has 0 unspecified atom stereocenters. The summed E-state index contributed by atoms with van der Waals surface area (Å²) < 4.78 is 1.62. The average Bonchev–Trinajstić information content (AvgIpc) is 3.04. The van der Waals surface area contributed by atoms with Crippen LogP contribution in [-0.4, -0.2) is 30.9 Å². The van der Waals surface area contributed by atoms with Gasteiger partial charge in [-0.2, -0.15) is 0 Å². The maximum absolute atomic E-state index is 11.9. The van der Waals surface area contributed by atoms with E-state index in [9.17, 15) is 4.79 Å². The van der Waals surface area contributed by atoms with Gasteiger partial charge in [-0.3, -0.25) is 14.8 Å². The summed E-state index contributed by atoms with van der Waals surface area (Å²) in [6, 6.07) is 7.38. The largest absolute Gasteiger partial charge is 0.350 e. The summed E-state index contributed by atoms with van der Waals surface area (Å²) >= 11 is 0. The summed E-state index contributed by atoms with van der Waals surface area (Å²) in [4.78, 5) is 19.9. The van der Waals surface area contributed by atoms with Crippen molar-refractivity contribution in [1.29, 1.82) is 0 Å². The second-order valence-electron chi connectivity index (χ2n) is 4.68. The lowest BCUT2D eigenvalue weighted by molar-refractivity contribution is -0.120. The first-order valence-corrected chi connectivity index (χ1v) is 6.78. The first-order valence-electron chi connectivity index (χ1n) is 6.78. The number of hydrogen-bond acceptors (Lipinski definition) is 5. The van der Waals surface area contributed by atoms with Crippen molar-refractivity contribution >= 4 is 5.91 Å². The number of carbonyl (C=O) groups excluding carboxylic acids is 1. The third-order valence-corrected chi connectivity index (χ3v) is 3.01. The molecular formula is C15H14N6O. The van der Waals surface area contributed by atoms with Crippen LogP contribution in [-0.2, 0) is 17.8 Å². The van der Waals surface area contributed by atoms with E-state index in [-0.39, 0.29) is 5.91 Å². The van der Waals surface area contributed by atoms with E-state index < -0.39 is 0 Å². The highest BCUT2D eigenvalue weighted by Gasteiger charge is 2.06. The summed E-state index contributed by atoms with van der Waals surface area (Å²) in [5, 5.41) is 10.9. The molecule has 7 heteroatoms. The maximum atomic E-state index is 11.9. The molecule has 0 aliphatic carbocycles. The Morgan fingerprint density at radius 3 is 2.68 bits per heavy atom. The predicted octanol–water partition coefficient (Wildman–Crippen LogP) is 0.916. The molecule has 0 saturated heterocycles. The molecule has 3 aromatic rings. The molecule has 0 spiro atoms. The number of rotatable bonds is 5.